The molecule has 4 nitrogen and oxygen atoms in total. The van der Waals surface area contributed by atoms with Gasteiger partial charge in [-0.15, -0.1) is 0 Å². The fourth-order valence-corrected chi connectivity index (χ4v) is 2.99. The smallest absolute Gasteiger partial charge is 0.227 e. The largest absolute Gasteiger partial charge is 0.505 e. The third kappa shape index (κ3) is 4.70. The number of ether oxygens (including phenoxy) is 1. The van der Waals surface area contributed by atoms with Crippen molar-refractivity contribution in [2.45, 2.75) is 32.1 Å². The van der Waals surface area contributed by atoms with Gasteiger partial charge in [0, 0.05) is 26.8 Å². The number of nitrogens with zero attached hydrogens (tertiary/aromatic N) is 1. The Morgan fingerprint density at radius 3 is 3.05 bits per heavy atom. The standard InChI is InChI=1S/C17H24FNO3/c1-22-9-3-5-13-4-2-8-19(12-13)17(21)11-14-6-7-16(20)15(18)10-14/h6-7,10,13,20H,2-5,8-9,11-12H2,1H3/t13-/m0/s1. The highest BCUT2D eigenvalue weighted by Crippen LogP contribution is 2.22. The number of benzene rings is 1. The summed E-state index contributed by atoms with van der Waals surface area (Å²) in [5.41, 5.74) is 0.599. The van der Waals surface area contributed by atoms with Gasteiger partial charge in [0.2, 0.25) is 5.91 Å². The van der Waals surface area contributed by atoms with Crippen LogP contribution < -0.4 is 0 Å². The number of phenolic OH excluding ortho intramolecular Hbond substituents is 1. The fraction of sp³-hybridized carbons (Fsp3) is 0.588. The van der Waals surface area contributed by atoms with Crippen molar-refractivity contribution in [3.8, 4) is 5.75 Å². The molecule has 0 bridgehead atoms. The van der Waals surface area contributed by atoms with Gasteiger partial charge in [0.15, 0.2) is 11.6 Å². The lowest BCUT2D eigenvalue weighted by Gasteiger charge is -2.33. The van der Waals surface area contributed by atoms with Crippen molar-refractivity contribution in [1.29, 1.82) is 0 Å². The van der Waals surface area contributed by atoms with Gasteiger partial charge in [-0.2, -0.15) is 0 Å². The van der Waals surface area contributed by atoms with Crippen molar-refractivity contribution in [3.05, 3.63) is 29.6 Å². The Kier molecular flexibility index (Phi) is 6.19. The summed E-state index contributed by atoms with van der Waals surface area (Å²) in [6.45, 7) is 2.32. The molecule has 1 amide bonds. The van der Waals surface area contributed by atoms with Crippen molar-refractivity contribution in [2.75, 3.05) is 26.8 Å². The molecule has 1 heterocycles. The van der Waals surface area contributed by atoms with E-state index >= 15 is 0 Å². The van der Waals surface area contributed by atoms with Crippen molar-refractivity contribution >= 4 is 5.91 Å². The van der Waals surface area contributed by atoms with Gasteiger partial charge >= 0.3 is 0 Å². The zero-order valence-electron chi connectivity index (χ0n) is 13.1. The van der Waals surface area contributed by atoms with E-state index < -0.39 is 5.82 Å². The highest BCUT2D eigenvalue weighted by Gasteiger charge is 2.23. The first-order valence-corrected chi connectivity index (χ1v) is 7.84. The molecule has 1 N–H and O–H groups in total. The lowest BCUT2D eigenvalue weighted by atomic mass is 9.93. The maximum atomic E-state index is 13.3. The highest BCUT2D eigenvalue weighted by atomic mass is 19.1. The summed E-state index contributed by atoms with van der Waals surface area (Å²) in [4.78, 5) is 14.2. The molecular weight excluding hydrogens is 285 g/mol. The Morgan fingerprint density at radius 2 is 2.32 bits per heavy atom. The molecule has 22 heavy (non-hydrogen) atoms. The molecule has 0 unspecified atom stereocenters. The predicted molar refractivity (Wildman–Crippen MR) is 82.2 cm³/mol. The molecule has 0 saturated carbocycles. The van der Waals surface area contributed by atoms with E-state index in [0.29, 0.717) is 11.5 Å². The molecule has 1 saturated heterocycles. The van der Waals surface area contributed by atoms with Gasteiger partial charge < -0.3 is 14.7 Å². The normalized spacial score (nSPS) is 18.5. The molecule has 1 fully saturated rings. The Balaban J connectivity index is 1.87. The molecule has 5 heteroatoms. The first kappa shape index (κ1) is 16.7. The number of phenols is 1. The van der Waals surface area contributed by atoms with Gasteiger partial charge in [0.1, 0.15) is 0 Å². The van der Waals surface area contributed by atoms with Crippen LogP contribution in [0, 0.1) is 11.7 Å². The van der Waals surface area contributed by atoms with Gasteiger partial charge in [-0.3, -0.25) is 4.79 Å². The van der Waals surface area contributed by atoms with Crippen molar-refractivity contribution in [1.82, 2.24) is 4.90 Å². The van der Waals surface area contributed by atoms with E-state index in [0.717, 1.165) is 45.4 Å². The van der Waals surface area contributed by atoms with E-state index in [1.165, 1.54) is 12.1 Å². The first-order chi connectivity index (χ1) is 10.6. The minimum Gasteiger partial charge on any atom is -0.505 e. The van der Waals surface area contributed by atoms with Crippen LogP contribution in [0.1, 0.15) is 31.2 Å². The zero-order valence-corrected chi connectivity index (χ0v) is 13.1. The van der Waals surface area contributed by atoms with Crippen molar-refractivity contribution < 1.29 is 19.0 Å². The average molecular weight is 309 g/mol. The molecule has 0 aromatic heterocycles. The topological polar surface area (TPSA) is 49.8 Å². The SMILES string of the molecule is COCCC[C@@H]1CCCN(C(=O)Cc2ccc(O)c(F)c2)C1. The quantitative estimate of drug-likeness (QED) is 0.822. The molecule has 1 aliphatic heterocycles. The van der Waals surface area contributed by atoms with Crippen molar-refractivity contribution in [3.63, 3.8) is 0 Å². The lowest BCUT2D eigenvalue weighted by Crippen LogP contribution is -2.40. The molecule has 1 aromatic carbocycles. The van der Waals surface area contributed by atoms with Crippen LogP contribution in [0.15, 0.2) is 18.2 Å². The summed E-state index contributed by atoms with van der Waals surface area (Å²) < 4.78 is 18.4. The fourth-order valence-electron chi connectivity index (χ4n) is 2.99. The molecule has 1 aromatic rings. The number of hydrogen-bond acceptors (Lipinski definition) is 3. The number of carbonyl (C=O) groups is 1. The number of amides is 1. The van der Waals surface area contributed by atoms with Crippen LogP contribution in [-0.4, -0.2) is 42.7 Å². The van der Waals surface area contributed by atoms with Crippen LogP contribution >= 0.6 is 0 Å². The Hall–Kier alpha value is -1.62. The van der Waals surface area contributed by atoms with E-state index in [1.807, 2.05) is 4.90 Å². The van der Waals surface area contributed by atoms with Gasteiger partial charge in [-0.1, -0.05) is 6.07 Å². The van der Waals surface area contributed by atoms with Gasteiger partial charge in [0.25, 0.3) is 0 Å². The monoisotopic (exact) mass is 309 g/mol. The number of aromatic hydroxyl groups is 1. The van der Waals surface area contributed by atoms with E-state index in [4.69, 9.17) is 4.74 Å². The first-order valence-electron chi connectivity index (χ1n) is 7.84. The summed E-state index contributed by atoms with van der Waals surface area (Å²) in [6, 6.07) is 4.12. The average Bonchev–Trinajstić information content (AvgIpc) is 2.51. The molecule has 1 atom stereocenters. The van der Waals surface area contributed by atoms with Crippen molar-refractivity contribution in [2.24, 2.45) is 5.92 Å². The van der Waals surface area contributed by atoms with Crippen LogP contribution in [0.4, 0.5) is 4.39 Å². The molecule has 0 spiro atoms. The number of likely N-dealkylation sites (tertiary alicyclic amines) is 1. The summed E-state index contributed by atoms with van der Waals surface area (Å²) >= 11 is 0. The summed E-state index contributed by atoms with van der Waals surface area (Å²) in [7, 11) is 1.70. The Morgan fingerprint density at radius 1 is 1.50 bits per heavy atom. The van der Waals surface area contributed by atoms with E-state index in [-0.39, 0.29) is 18.1 Å². The van der Waals surface area contributed by atoms with E-state index in [1.54, 1.807) is 13.2 Å². The number of rotatable bonds is 6. The molecule has 122 valence electrons. The number of methoxy groups -OCH3 is 1. The molecular formula is C17H24FNO3. The highest BCUT2D eigenvalue weighted by molar-refractivity contribution is 5.78. The maximum Gasteiger partial charge on any atom is 0.227 e. The second-order valence-corrected chi connectivity index (χ2v) is 5.95. The second-order valence-electron chi connectivity index (χ2n) is 5.95. The van der Waals surface area contributed by atoms with Crippen LogP contribution in [0.25, 0.3) is 0 Å². The molecule has 0 aliphatic carbocycles. The second kappa shape index (κ2) is 8.13. The molecule has 0 radical (unpaired) electrons. The third-order valence-electron chi connectivity index (χ3n) is 4.20. The van der Waals surface area contributed by atoms with Gasteiger partial charge in [0.05, 0.1) is 6.42 Å². The summed E-state index contributed by atoms with van der Waals surface area (Å²) in [5, 5.41) is 9.18. The van der Waals surface area contributed by atoms with Crippen LogP contribution in [0.5, 0.6) is 5.75 Å². The summed E-state index contributed by atoms with van der Waals surface area (Å²) in [5.74, 6) is -0.500. The zero-order chi connectivity index (χ0) is 15.9. The minimum absolute atomic E-state index is 0.0292. The number of carbonyl (C=O) groups excluding carboxylic acids is 1. The Labute approximate surface area is 130 Å². The third-order valence-corrected chi connectivity index (χ3v) is 4.20. The van der Waals surface area contributed by atoms with Crippen LogP contribution in [0.2, 0.25) is 0 Å². The van der Waals surface area contributed by atoms with Crippen LogP contribution in [0.3, 0.4) is 0 Å². The maximum absolute atomic E-state index is 13.3. The van der Waals surface area contributed by atoms with E-state index in [2.05, 4.69) is 0 Å². The predicted octanol–water partition coefficient (Wildman–Crippen LogP) is 2.74. The van der Waals surface area contributed by atoms with E-state index in [9.17, 15) is 14.3 Å². The van der Waals surface area contributed by atoms with Gasteiger partial charge in [-0.25, -0.2) is 4.39 Å². The minimum atomic E-state index is -0.679. The number of hydrogen-bond donors (Lipinski definition) is 1. The van der Waals surface area contributed by atoms with Gasteiger partial charge in [-0.05, 0) is 49.3 Å². The lowest BCUT2D eigenvalue weighted by molar-refractivity contribution is -0.132. The molecule has 2 rings (SSSR count). The van der Waals surface area contributed by atoms with Crippen LogP contribution in [-0.2, 0) is 16.0 Å². The summed E-state index contributed by atoms with van der Waals surface area (Å²) in [6.07, 6.45) is 4.45. The number of halogens is 1. The number of piperidine rings is 1. The Bertz CT molecular complexity index is 507. The molecule has 1 aliphatic rings.